The van der Waals surface area contributed by atoms with Gasteiger partial charge in [-0.05, 0) is 46.3 Å². The zero-order chi connectivity index (χ0) is 12.9. The van der Waals surface area contributed by atoms with Crippen LogP contribution >= 0.6 is 0 Å². The maximum atomic E-state index is 6.34. The lowest BCUT2D eigenvalue weighted by Crippen LogP contribution is -2.58. The summed E-state index contributed by atoms with van der Waals surface area (Å²) in [6.45, 7) is 4.22. The summed E-state index contributed by atoms with van der Waals surface area (Å²) in [4.78, 5) is 0. The van der Waals surface area contributed by atoms with Crippen LogP contribution in [0.25, 0.3) is 0 Å². The largest absolute Gasteiger partial charge is 0.398 e. The van der Waals surface area contributed by atoms with Crippen molar-refractivity contribution >= 4 is 9.20 Å². The molecule has 4 N–H and O–H groups in total. The van der Waals surface area contributed by atoms with Gasteiger partial charge in [-0.3, -0.25) is 0 Å². The fourth-order valence-electron chi connectivity index (χ4n) is 2.82. The van der Waals surface area contributed by atoms with Gasteiger partial charge in [0.2, 0.25) is 0 Å². The Morgan fingerprint density at radius 1 is 1.18 bits per heavy atom. The number of rotatable bonds is 6. The highest BCUT2D eigenvalue weighted by Gasteiger charge is 2.34. The van der Waals surface area contributed by atoms with Gasteiger partial charge in [0.15, 0.2) is 0 Å². The van der Waals surface area contributed by atoms with E-state index in [4.69, 9.17) is 9.83 Å². The zero-order valence-electron chi connectivity index (χ0n) is 11.8. The fourth-order valence-corrected chi connectivity index (χ4v) is 4.98. The summed E-state index contributed by atoms with van der Waals surface area (Å²) in [5.74, 6) is 0. The summed E-state index contributed by atoms with van der Waals surface area (Å²) in [5.41, 5.74) is 0.421. The second-order valence-corrected chi connectivity index (χ2v) is 7.70. The summed E-state index contributed by atoms with van der Waals surface area (Å²) in [6, 6.07) is 0. The molecule has 4 nitrogen and oxygen atoms in total. The van der Waals surface area contributed by atoms with Gasteiger partial charge in [-0.1, -0.05) is 19.3 Å². The molecule has 102 valence electrons. The number of hydrogen-bond acceptors (Lipinski definition) is 4. The van der Waals surface area contributed by atoms with Gasteiger partial charge in [-0.15, -0.1) is 0 Å². The molecule has 0 saturated heterocycles. The third kappa shape index (κ3) is 4.33. The maximum Gasteiger partial charge on any atom is 0.253 e. The molecule has 1 atom stereocenters. The van der Waals surface area contributed by atoms with E-state index in [1.54, 1.807) is 0 Å². The lowest BCUT2D eigenvalue weighted by Gasteiger charge is -2.38. The molecule has 17 heavy (non-hydrogen) atoms. The van der Waals surface area contributed by atoms with Gasteiger partial charge in [-0.2, -0.15) is 0 Å². The average Bonchev–Trinajstić information content (AvgIpc) is 2.30. The highest BCUT2D eigenvalue weighted by molar-refractivity contribution is 6.50. The molecule has 0 aromatic carbocycles. The van der Waals surface area contributed by atoms with Gasteiger partial charge in [0.05, 0.1) is 11.8 Å². The topological polar surface area (TPSA) is 59.3 Å². The molecule has 1 unspecified atom stereocenters. The number of likely N-dealkylation sites (N-methyl/N-ethyl adjacent to an activating group) is 2. The van der Waals surface area contributed by atoms with Crippen molar-refractivity contribution in [3.63, 3.8) is 0 Å². The summed E-state index contributed by atoms with van der Waals surface area (Å²) in [7, 11) is 2.32. The molecular weight excluding hydrogens is 230 g/mol. The molecule has 0 amide bonds. The number of hydrogen-bond donors (Lipinski definition) is 3. The van der Waals surface area contributed by atoms with Crippen LogP contribution in [-0.4, -0.2) is 35.1 Å². The summed E-state index contributed by atoms with van der Waals surface area (Å²) in [6.07, 6.45) is 6.72. The van der Waals surface area contributed by atoms with Crippen LogP contribution in [0.15, 0.2) is 0 Å². The predicted molar refractivity (Wildman–Crippen MR) is 75.2 cm³/mol. The summed E-state index contributed by atoms with van der Waals surface area (Å²) >= 11 is 0. The van der Waals surface area contributed by atoms with Crippen molar-refractivity contribution in [1.29, 1.82) is 0 Å². The fraction of sp³-hybridized carbons (Fsp3) is 1.00. The van der Waals surface area contributed by atoms with Crippen molar-refractivity contribution in [2.24, 2.45) is 5.40 Å². The second kappa shape index (κ2) is 6.85. The van der Waals surface area contributed by atoms with E-state index in [0.717, 1.165) is 0 Å². The van der Waals surface area contributed by atoms with Gasteiger partial charge in [-0.25, -0.2) is 0 Å². The highest BCUT2D eigenvalue weighted by atomic mass is 28.3. The Bertz CT molecular complexity index is 216. The van der Waals surface area contributed by atoms with Crippen LogP contribution in [0, 0.1) is 0 Å². The molecule has 0 aliphatic heterocycles. The minimum absolute atomic E-state index is 0.143. The van der Waals surface area contributed by atoms with Gasteiger partial charge in [0, 0.05) is 0 Å². The van der Waals surface area contributed by atoms with Gasteiger partial charge >= 0.3 is 0 Å². The minimum atomic E-state index is -1.57. The smallest absolute Gasteiger partial charge is 0.253 e. The van der Waals surface area contributed by atoms with E-state index in [9.17, 15) is 0 Å². The summed E-state index contributed by atoms with van der Waals surface area (Å²) < 4.78 is 6.21. The second-order valence-electron chi connectivity index (χ2n) is 5.59. The normalized spacial score (nSPS) is 20.8. The van der Waals surface area contributed by atoms with Crippen LogP contribution in [-0.2, 0) is 4.43 Å². The molecule has 0 aromatic rings. The molecule has 0 aromatic heterocycles. The first-order chi connectivity index (χ1) is 8.01. The standard InChI is InChI=1S/C12H29N3OSi/c1-12(2,11(14-3)15-4)16-17(13)10-8-6-5-7-9-10/h10-11,14-15,17H,5-9,13H2,1-4H3. The molecule has 0 bridgehead atoms. The van der Waals surface area contributed by atoms with Crippen molar-refractivity contribution in [1.82, 2.24) is 10.6 Å². The van der Waals surface area contributed by atoms with E-state index < -0.39 is 9.20 Å². The van der Waals surface area contributed by atoms with Crippen LogP contribution < -0.4 is 16.0 Å². The Labute approximate surface area is 107 Å². The van der Waals surface area contributed by atoms with E-state index in [-0.39, 0.29) is 11.8 Å². The average molecular weight is 259 g/mol. The van der Waals surface area contributed by atoms with Crippen LogP contribution in [0.4, 0.5) is 0 Å². The minimum Gasteiger partial charge on any atom is -0.398 e. The molecule has 0 radical (unpaired) electrons. The molecule has 1 saturated carbocycles. The van der Waals surface area contributed by atoms with Crippen molar-refractivity contribution in [3.8, 4) is 0 Å². The highest BCUT2D eigenvalue weighted by Crippen LogP contribution is 2.31. The third-order valence-electron chi connectivity index (χ3n) is 3.83. The van der Waals surface area contributed by atoms with E-state index >= 15 is 0 Å². The van der Waals surface area contributed by atoms with Gasteiger partial charge in [0.25, 0.3) is 9.20 Å². The first kappa shape index (κ1) is 15.1. The SMILES string of the molecule is CNC(NC)C(C)(C)O[SiH](N)C1CCCCC1. The van der Waals surface area contributed by atoms with Crippen LogP contribution in [0.5, 0.6) is 0 Å². The Balaban J connectivity index is 2.49. The lowest BCUT2D eigenvalue weighted by atomic mass is 10.0. The Hall–Kier alpha value is 0.0569. The van der Waals surface area contributed by atoms with Gasteiger partial charge in [0.1, 0.15) is 0 Å². The molecule has 1 fully saturated rings. The number of nitrogens with two attached hydrogens (primary N) is 1. The number of nitrogens with one attached hydrogen (secondary N) is 2. The monoisotopic (exact) mass is 259 g/mol. The van der Waals surface area contributed by atoms with Crippen molar-refractivity contribution < 1.29 is 4.43 Å². The molecule has 5 heteroatoms. The Kier molecular flexibility index (Phi) is 6.09. The van der Waals surface area contributed by atoms with Crippen LogP contribution in [0.2, 0.25) is 5.54 Å². The third-order valence-corrected chi connectivity index (χ3v) is 6.30. The Morgan fingerprint density at radius 2 is 1.71 bits per heavy atom. The molecule has 1 aliphatic rings. The molecule has 0 heterocycles. The Morgan fingerprint density at radius 3 is 2.18 bits per heavy atom. The van der Waals surface area contributed by atoms with Crippen molar-refractivity contribution in [3.05, 3.63) is 0 Å². The van der Waals surface area contributed by atoms with E-state index in [2.05, 4.69) is 24.5 Å². The molecule has 1 rings (SSSR count). The summed E-state index contributed by atoms with van der Waals surface area (Å²) in [5, 5.41) is 12.8. The molecule has 1 aliphatic carbocycles. The van der Waals surface area contributed by atoms with E-state index in [1.165, 1.54) is 32.1 Å². The first-order valence-corrected chi connectivity index (χ1v) is 8.59. The van der Waals surface area contributed by atoms with Crippen LogP contribution in [0.3, 0.4) is 0 Å². The van der Waals surface area contributed by atoms with Gasteiger partial charge < -0.3 is 20.5 Å². The maximum absolute atomic E-state index is 6.34. The zero-order valence-corrected chi connectivity index (χ0v) is 12.9. The van der Waals surface area contributed by atoms with Crippen LogP contribution in [0.1, 0.15) is 46.0 Å². The van der Waals surface area contributed by atoms with Crippen molar-refractivity contribution in [2.45, 2.75) is 63.3 Å². The van der Waals surface area contributed by atoms with Crippen molar-refractivity contribution in [2.75, 3.05) is 14.1 Å². The lowest BCUT2D eigenvalue weighted by molar-refractivity contribution is 0.0497. The molecular formula is C12H29N3OSi. The van der Waals surface area contributed by atoms with E-state index in [1.807, 2.05) is 14.1 Å². The van der Waals surface area contributed by atoms with E-state index in [0.29, 0.717) is 5.54 Å². The predicted octanol–water partition coefficient (Wildman–Crippen LogP) is 1.06. The molecule has 0 spiro atoms. The quantitative estimate of drug-likeness (QED) is 0.493. The first-order valence-electron chi connectivity index (χ1n) is 6.79.